The first kappa shape index (κ1) is 69.9. The van der Waals surface area contributed by atoms with E-state index in [0.29, 0.717) is 0 Å². The minimum atomic E-state index is 1.20. The maximum Gasteiger partial charge on any atom is 0.294 e. The number of imidazole rings is 2. The summed E-state index contributed by atoms with van der Waals surface area (Å²) in [7, 11) is 12.5. The monoisotopic (exact) mass is 1370 g/mol. The van der Waals surface area contributed by atoms with Gasteiger partial charge in [-0.2, -0.15) is 13.5 Å². The Morgan fingerprint density at radius 1 is 0.308 bits per heavy atom. The van der Waals surface area contributed by atoms with Crippen LogP contribution in [0.25, 0.3) is 101 Å². The largest absolute Gasteiger partial charge is 0.309 e. The summed E-state index contributed by atoms with van der Waals surface area (Å²) in [6.07, 6.45) is 16.8. The van der Waals surface area contributed by atoms with Gasteiger partial charge in [0.15, 0.2) is 43.9 Å². The van der Waals surface area contributed by atoms with Crippen molar-refractivity contribution in [1.82, 2.24) is 26.8 Å². The summed E-state index contributed by atoms with van der Waals surface area (Å²) in [5.41, 5.74) is 31.6. The second kappa shape index (κ2) is 30.7. The molecule has 0 fully saturated rings. The lowest BCUT2D eigenvalue weighted by molar-refractivity contribution is -0.740. The van der Waals surface area contributed by atoms with E-state index in [9.17, 15) is 0 Å². The number of hydrogen-bond donors (Lipinski definition) is 0. The molecule has 4 aromatic carbocycles. The zero-order valence-electron chi connectivity index (χ0n) is 62.4. The van der Waals surface area contributed by atoms with Crippen LogP contribution >= 0.6 is 0 Å². The van der Waals surface area contributed by atoms with Gasteiger partial charge in [-0.1, -0.05) is 115 Å². The molecule has 0 unspecified atom stereocenters. The average molecular weight is 1370 g/mol. The minimum Gasteiger partial charge on any atom is -0.309 e. The molecule has 0 amide bonds. The van der Waals surface area contributed by atoms with Gasteiger partial charge in [-0.25, -0.2) is 13.5 Å². The molecule has 18 rings (SSSR count). The van der Waals surface area contributed by atoms with Gasteiger partial charge in [-0.3, -0.25) is 0 Å². The molecule has 0 saturated carbocycles. The fraction of sp³-hybridized carbons (Fsp3) is 0.152. The second-order valence-corrected chi connectivity index (χ2v) is 27.0. The Morgan fingerprint density at radius 2 is 0.769 bits per heavy atom. The second-order valence-electron chi connectivity index (χ2n) is 27.0. The van der Waals surface area contributed by atoms with Gasteiger partial charge < -0.3 is 8.80 Å². The zero-order valence-corrected chi connectivity index (χ0v) is 62.4. The van der Waals surface area contributed by atoms with Crippen LogP contribution in [0.2, 0.25) is 0 Å². The van der Waals surface area contributed by atoms with E-state index in [4.69, 9.17) is 0 Å². The van der Waals surface area contributed by atoms with Gasteiger partial charge in [0.05, 0.1) is 43.8 Å². The SMILES string of the molecule is Cc1ccc2ccc(C)n2c1-c1cccc[n+]1C.Cc1ccc2ccc(C)n2c1-c1cccc[n+]1C.Cc1ccccc1-c1c[n+]2ccccc2n1C.Cc1ccccc1-c1cc2ccccn2[n+]1C.Cc1ccccc1-c1ccc2ccc[n+](C)n12.Cc1ccccc1-c1n2ccccc2c[n+]1C. The lowest BCUT2D eigenvalue weighted by Gasteiger charge is -2.10. The van der Waals surface area contributed by atoms with E-state index in [2.05, 4.69) is 468 Å². The lowest BCUT2D eigenvalue weighted by atomic mass is 10.1. The fourth-order valence-electron chi connectivity index (χ4n) is 14.3. The zero-order chi connectivity index (χ0) is 72.7. The smallest absolute Gasteiger partial charge is 0.294 e. The molecule has 0 saturated heterocycles. The molecule has 14 heterocycles. The summed E-state index contributed by atoms with van der Waals surface area (Å²) in [5, 5.41) is 0. The highest BCUT2D eigenvalue weighted by atomic mass is 15.3. The Labute approximate surface area is 610 Å². The molecule has 0 aliphatic heterocycles. The summed E-state index contributed by atoms with van der Waals surface area (Å²) in [6, 6.07) is 93.5. The van der Waals surface area contributed by atoms with E-state index < -0.39 is 0 Å². The Balaban J connectivity index is 0.000000111. The molecule has 18 aromatic rings. The molecule has 14 aromatic heterocycles. The van der Waals surface area contributed by atoms with E-state index in [0.717, 1.165) is 0 Å². The first-order chi connectivity index (χ1) is 50.4. The Bertz CT molecular complexity index is 5820. The molecule has 12 nitrogen and oxygen atoms in total. The van der Waals surface area contributed by atoms with Crippen molar-refractivity contribution >= 4 is 33.2 Å². The Hall–Kier alpha value is -12.5. The van der Waals surface area contributed by atoms with Gasteiger partial charge >= 0.3 is 0 Å². The highest BCUT2D eigenvalue weighted by Gasteiger charge is 2.23. The van der Waals surface area contributed by atoms with Crippen LogP contribution in [0, 0.1) is 55.4 Å². The maximum absolute atomic E-state index is 2.32. The number of benzene rings is 4. The third kappa shape index (κ3) is 14.3. The molecular formula is C92H94N12+6. The van der Waals surface area contributed by atoms with Crippen LogP contribution in [-0.2, 0) is 42.3 Å². The van der Waals surface area contributed by atoms with Crippen LogP contribution in [0.15, 0.2) is 316 Å². The molecule has 0 aliphatic carbocycles. The molecule has 0 N–H and O–H groups in total. The number of hydrogen-bond acceptors (Lipinski definition) is 0. The van der Waals surface area contributed by atoms with E-state index in [1.165, 1.54) is 146 Å². The molecule has 0 atom stereocenters. The van der Waals surface area contributed by atoms with Crippen LogP contribution in [0.3, 0.4) is 0 Å². The first-order valence-corrected chi connectivity index (χ1v) is 35.6. The van der Waals surface area contributed by atoms with Crippen LogP contribution in [0.5, 0.6) is 0 Å². The van der Waals surface area contributed by atoms with Gasteiger partial charge in [0, 0.05) is 76.0 Å². The van der Waals surface area contributed by atoms with Crippen molar-refractivity contribution in [3.05, 3.63) is 361 Å². The van der Waals surface area contributed by atoms with Crippen molar-refractivity contribution in [2.75, 3.05) is 0 Å². The maximum atomic E-state index is 2.32. The minimum absolute atomic E-state index is 1.20. The van der Waals surface area contributed by atoms with Gasteiger partial charge in [-0.05, 0) is 198 Å². The van der Waals surface area contributed by atoms with E-state index in [1.54, 1.807) is 0 Å². The summed E-state index contributed by atoms with van der Waals surface area (Å²) in [6.45, 7) is 17.2. The van der Waals surface area contributed by atoms with Crippen LogP contribution in [-0.4, -0.2) is 26.8 Å². The van der Waals surface area contributed by atoms with Gasteiger partial charge in [0.2, 0.25) is 17.1 Å². The van der Waals surface area contributed by atoms with Crippen molar-refractivity contribution in [3.8, 4) is 67.9 Å². The predicted octanol–water partition coefficient (Wildman–Crippen LogP) is 17.1. The van der Waals surface area contributed by atoms with Crippen molar-refractivity contribution in [2.24, 2.45) is 42.3 Å². The Kier molecular flexibility index (Phi) is 20.7. The van der Waals surface area contributed by atoms with Crippen LogP contribution in [0.4, 0.5) is 0 Å². The number of aromatic nitrogens is 12. The summed E-state index contributed by atoms with van der Waals surface area (Å²) < 4.78 is 26.4. The quantitative estimate of drug-likeness (QED) is 0.149. The third-order valence-electron chi connectivity index (χ3n) is 19.9. The van der Waals surface area contributed by atoms with Crippen LogP contribution < -0.4 is 27.5 Å². The average Bonchev–Trinajstić information content (AvgIpc) is 1.44. The standard InChI is InChI=1S/2C16H17N2.4C15H15N2/c2*1-12-7-9-14-10-8-13(2)18(14)16(12)15-6-4-5-11-17(15)3;1-12-7-3-4-9-14(12)15-16(2)11-13-8-5-6-10-17(13)15;1-12-7-3-4-9-14(12)15-11-13-8-5-6-10-17(13)16(15)2;1-12-7-3-4-8-13(12)14-11-17-10-6-5-9-15(17)16(14)2;1-12-6-3-4-8-14(12)15-10-9-13-7-5-11-16(2)17(13)15/h2*4-11H,1-3H3;4*3-11H,1-2H3/q6*+1. The number of aryl methyl sites for hydroxylation is 14. The fourth-order valence-corrected chi connectivity index (χ4v) is 14.3. The third-order valence-corrected chi connectivity index (χ3v) is 19.9. The Morgan fingerprint density at radius 3 is 1.32 bits per heavy atom. The predicted molar refractivity (Wildman–Crippen MR) is 422 cm³/mol. The van der Waals surface area contributed by atoms with Gasteiger partial charge in [0.1, 0.15) is 54.6 Å². The molecule has 12 heteroatoms. The number of fused-ring (bicyclic) bond motifs is 6. The normalized spacial score (nSPS) is 11.0. The number of pyridine rings is 7. The summed E-state index contributed by atoms with van der Waals surface area (Å²) in [4.78, 5) is 0. The first-order valence-electron chi connectivity index (χ1n) is 35.6. The van der Waals surface area contributed by atoms with E-state index >= 15 is 0 Å². The highest BCUT2D eigenvalue weighted by molar-refractivity contribution is 5.71. The molecule has 516 valence electrons. The summed E-state index contributed by atoms with van der Waals surface area (Å²) >= 11 is 0. The molecule has 0 spiro atoms. The van der Waals surface area contributed by atoms with E-state index in [1.807, 2.05) is 0 Å². The number of rotatable bonds is 6. The molecule has 0 bridgehead atoms. The van der Waals surface area contributed by atoms with Crippen molar-refractivity contribution < 1.29 is 27.5 Å². The highest BCUT2D eigenvalue weighted by Crippen LogP contribution is 2.30. The molecule has 104 heavy (non-hydrogen) atoms. The molecule has 0 aliphatic rings. The van der Waals surface area contributed by atoms with Crippen molar-refractivity contribution in [2.45, 2.75) is 55.4 Å². The number of nitrogens with zero attached hydrogens (tertiary/aromatic N) is 12. The lowest BCUT2D eigenvalue weighted by Crippen LogP contribution is -2.36. The van der Waals surface area contributed by atoms with Gasteiger partial charge in [-0.15, -0.1) is 18.4 Å². The molecule has 0 radical (unpaired) electrons. The van der Waals surface area contributed by atoms with Crippen LogP contribution in [0.1, 0.15) is 44.8 Å². The summed E-state index contributed by atoms with van der Waals surface area (Å²) in [5.74, 6) is 1.22. The van der Waals surface area contributed by atoms with Crippen molar-refractivity contribution in [3.63, 3.8) is 0 Å². The molecular weight excluding hydrogens is 1270 g/mol. The van der Waals surface area contributed by atoms with Crippen molar-refractivity contribution in [1.29, 1.82) is 0 Å². The van der Waals surface area contributed by atoms with Gasteiger partial charge in [0.25, 0.3) is 11.5 Å². The topological polar surface area (TPSA) is 50.5 Å². The van der Waals surface area contributed by atoms with E-state index in [-0.39, 0.29) is 0 Å².